The van der Waals surface area contributed by atoms with Crippen LogP contribution in [0, 0.1) is 5.92 Å². The summed E-state index contributed by atoms with van der Waals surface area (Å²) in [6.45, 7) is 7.75. The van der Waals surface area contributed by atoms with Crippen LogP contribution in [-0.2, 0) is 17.9 Å². The Hall–Kier alpha value is -2.14. The molecule has 1 saturated heterocycles. The van der Waals surface area contributed by atoms with Crippen molar-refractivity contribution in [1.29, 1.82) is 0 Å². The maximum Gasteiger partial charge on any atom is 0.237 e. The number of amides is 1. The highest BCUT2D eigenvalue weighted by atomic mass is 16.2. The Labute approximate surface area is 150 Å². The summed E-state index contributed by atoms with van der Waals surface area (Å²) in [5, 5.41) is 3.13. The van der Waals surface area contributed by atoms with Gasteiger partial charge in [-0.3, -0.25) is 9.69 Å². The van der Waals surface area contributed by atoms with Crippen molar-refractivity contribution < 1.29 is 4.79 Å². The van der Waals surface area contributed by atoms with Crippen LogP contribution in [0.2, 0.25) is 0 Å². The smallest absolute Gasteiger partial charge is 0.237 e. The average Bonchev–Trinajstić information content (AvgIpc) is 3.28. The van der Waals surface area contributed by atoms with Crippen LogP contribution >= 0.6 is 0 Å². The summed E-state index contributed by atoms with van der Waals surface area (Å²) < 4.78 is 2.04. The van der Waals surface area contributed by atoms with E-state index in [-0.39, 0.29) is 11.9 Å². The molecule has 5 nitrogen and oxygen atoms in total. The largest absolute Gasteiger partial charge is 0.351 e. The minimum absolute atomic E-state index is 0.0111. The van der Waals surface area contributed by atoms with Crippen LogP contribution in [0.5, 0.6) is 0 Å². The van der Waals surface area contributed by atoms with Gasteiger partial charge in [-0.05, 0) is 43.0 Å². The van der Waals surface area contributed by atoms with Crippen LogP contribution in [0.15, 0.2) is 43.0 Å². The van der Waals surface area contributed by atoms with Gasteiger partial charge in [-0.25, -0.2) is 4.98 Å². The molecule has 1 amide bonds. The molecule has 0 saturated carbocycles. The van der Waals surface area contributed by atoms with Gasteiger partial charge in [0.1, 0.15) is 0 Å². The van der Waals surface area contributed by atoms with Gasteiger partial charge in [0.25, 0.3) is 0 Å². The predicted octanol–water partition coefficient (Wildman–Crippen LogP) is 2.67. The molecular formula is C20H28N4O. The number of carbonyl (C=O) groups is 1. The molecule has 0 radical (unpaired) electrons. The normalized spacial score (nSPS) is 16.3. The van der Waals surface area contributed by atoms with Crippen molar-refractivity contribution in [2.45, 2.75) is 45.8 Å². The first-order valence-corrected chi connectivity index (χ1v) is 9.19. The van der Waals surface area contributed by atoms with Crippen LogP contribution in [0.3, 0.4) is 0 Å². The molecule has 0 spiro atoms. The van der Waals surface area contributed by atoms with Gasteiger partial charge in [-0.15, -0.1) is 0 Å². The first-order chi connectivity index (χ1) is 12.1. The lowest BCUT2D eigenvalue weighted by Gasteiger charge is -2.29. The van der Waals surface area contributed by atoms with Crippen LogP contribution in [-0.4, -0.2) is 39.5 Å². The minimum atomic E-state index is -0.0111. The van der Waals surface area contributed by atoms with E-state index in [4.69, 9.17) is 0 Å². The number of imidazole rings is 1. The summed E-state index contributed by atoms with van der Waals surface area (Å²) in [5.74, 6) is 0.482. The maximum atomic E-state index is 12.7. The molecule has 1 N–H and O–H groups in total. The second kappa shape index (κ2) is 8.30. The second-order valence-corrected chi connectivity index (χ2v) is 7.20. The molecule has 1 atom stereocenters. The molecule has 1 aliphatic heterocycles. The van der Waals surface area contributed by atoms with Crippen molar-refractivity contribution in [3.63, 3.8) is 0 Å². The molecule has 0 unspecified atom stereocenters. The van der Waals surface area contributed by atoms with E-state index in [1.165, 1.54) is 18.4 Å². The van der Waals surface area contributed by atoms with E-state index in [1.807, 2.05) is 17.1 Å². The number of hydrogen-bond acceptors (Lipinski definition) is 3. The molecule has 2 aromatic rings. The van der Waals surface area contributed by atoms with Crippen molar-refractivity contribution in [3.05, 3.63) is 54.1 Å². The van der Waals surface area contributed by atoms with Gasteiger partial charge < -0.3 is 9.88 Å². The number of nitrogens with zero attached hydrogens (tertiary/aromatic N) is 3. The highest BCUT2D eigenvalue weighted by Gasteiger charge is 2.30. The summed E-state index contributed by atoms with van der Waals surface area (Å²) in [7, 11) is 0. The predicted molar refractivity (Wildman–Crippen MR) is 99.1 cm³/mol. The van der Waals surface area contributed by atoms with E-state index in [0.29, 0.717) is 12.5 Å². The Bertz CT molecular complexity index is 658. The molecule has 2 heterocycles. The summed E-state index contributed by atoms with van der Waals surface area (Å²) in [4.78, 5) is 19.0. The van der Waals surface area contributed by atoms with Gasteiger partial charge in [0, 0.05) is 25.5 Å². The number of benzene rings is 1. The molecular weight excluding hydrogens is 312 g/mol. The van der Waals surface area contributed by atoms with Crippen LogP contribution in [0.25, 0.3) is 0 Å². The lowest BCUT2D eigenvalue weighted by molar-refractivity contribution is -0.127. The van der Waals surface area contributed by atoms with E-state index in [9.17, 15) is 4.79 Å². The summed E-state index contributed by atoms with van der Waals surface area (Å²) in [6, 6.07) is 8.39. The molecule has 1 fully saturated rings. The molecule has 5 heteroatoms. The number of aromatic nitrogens is 2. The zero-order valence-corrected chi connectivity index (χ0v) is 15.2. The molecule has 0 bridgehead atoms. The zero-order valence-electron chi connectivity index (χ0n) is 15.2. The van der Waals surface area contributed by atoms with Gasteiger partial charge in [0.05, 0.1) is 12.4 Å². The lowest BCUT2D eigenvalue weighted by Crippen LogP contribution is -2.48. The van der Waals surface area contributed by atoms with Gasteiger partial charge in [-0.1, -0.05) is 38.1 Å². The molecule has 0 aliphatic carbocycles. The lowest BCUT2D eigenvalue weighted by atomic mass is 10.0. The van der Waals surface area contributed by atoms with Gasteiger partial charge in [0.15, 0.2) is 0 Å². The Kier molecular flexibility index (Phi) is 5.87. The third-order valence-electron chi connectivity index (χ3n) is 4.85. The number of carbonyl (C=O) groups excluding carboxylic acids is 1. The summed E-state index contributed by atoms with van der Waals surface area (Å²) in [5.41, 5.74) is 2.36. The van der Waals surface area contributed by atoms with Crippen molar-refractivity contribution in [1.82, 2.24) is 19.8 Å². The van der Waals surface area contributed by atoms with Crippen molar-refractivity contribution in [3.8, 4) is 0 Å². The minimum Gasteiger partial charge on any atom is -0.351 e. The van der Waals surface area contributed by atoms with E-state index in [1.54, 1.807) is 6.20 Å². The van der Waals surface area contributed by atoms with E-state index in [0.717, 1.165) is 25.2 Å². The third-order valence-corrected chi connectivity index (χ3v) is 4.85. The van der Waals surface area contributed by atoms with Crippen LogP contribution in [0.4, 0.5) is 0 Å². The monoisotopic (exact) mass is 340 g/mol. The fraction of sp³-hybridized carbons (Fsp3) is 0.500. The third kappa shape index (κ3) is 4.69. The van der Waals surface area contributed by atoms with Crippen molar-refractivity contribution in [2.75, 3.05) is 13.1 Å². The first kappa shape index (κ1) is 17.7. The Morgan fingerprint density at radius 1 is 1.16 bits per heavy atom. The maximum absolute atomic E-state index is 12.7. The molecule has 134 valence electrons. The van der Waals surface area contributed by atoms with Gasteiger partial charge >= 0.3 is 0 Å². The van der Waals surface area contributed by atoms with Crippen molar-refractivity contribution in [2.24, 2.45) is 5.92 Å². The second-order valence-electron chi connectivity index (χ2n) is 7.20. The first-order valence-electron chi connectivity index (χ1n) is 9.19. The summed E-state index contributed by atoms with van der Waals surface area (Å²) in [6.07, 6.45) is 7.97. The van der Waals surface area contributed by atoms with E-state index in [2.05, 4.69) is 53.3 Å². The fourth-order valence-electron chi connectivity index (χ4n) is 3.56. The zero-order chi connectivity index (χ0) is 17.6. The molecule has 1 aromatic carbocycles. The van der Waals surface area contributed by atoms with Crippen LogP contribution in [0.1, 0.15) is 37.8 Å². The molecule has 1 aliphatic rings. The van der Waals surface area contributed by atoms with Crippen LogP contribution < -0.4 is 5.32 Å². The fourth-order valence-corrected chi connectivity index (χ4v) is 3.56. The Morgan fingerprint density at radius 3 is 2.44 bits per heavy atom. The highest BCUT2D eigenvalue weighted by Crippen LogP contribution is 2.18. The number of likely N-dealkylation sites (tertiary alicyclic amines) is 1. The Balaban J connectivity index is 1.54. The van der Waals surface area contributed by atoms with E-state index < -0.39 is 0 Å². The number of hydrogen-bond donors (Lipinski definition) is 1. The standard InChI is InChI=1S/C20H28N4O/c1-16(2)19(24-10-3-4-11-24)20(25)22-13-17-5-7-18(8-6-17)14-23-12-9-21-15-23/h5-9,12,15-16,19H,3-4,10-11,13-14H2,1-2H3,(H,22,25)/t19-/m0/s1. The summed E-state index contributed by atoms with van der Waals surface area (Å²) >= 11 is 0. The number of nitrogens with one attached hydrogen (secondary N) is 1. The topological polar surface area (TPSA) is 50.2 Å². The van der Waals surface area contributed by atoms with Crippen molar-refractivity contribution >= 4 is 5.91 Å². The van der Waals surface area contributed by atoms with Gasteiger partial charge in [-0.2, -0.15) is 0 Å². The molecule has 3 rings (SSSR count). The SMILES string of the molecule is CC(C)[C@@H](C(=O)NCc1ccc(Cn2ccnc2)cc1)N1CCCC1. The molecule has 25 heavy (non-hydrogen) atoms. The quantitative estimate of drug-likeness (QED) is 0.843. The van der Waals surface area contributed by atoms with E-state index >= 15 is 0 Å². The highest BCUT2D eigenvalue weighted by molar-refractivity contribution is 5.82. The Morgan fingerprint density at radius 2 is 1.84 bits per heavy atom. The van der Waals surface area contributed by atoms with Gasteiger partial charge in [0.2, 0.25) is 5.91 Å². The number of rotatable bonds is 7. The average molecular weight is 340 g/mol. The molecule has 1 aromatic heterocycles.